The highest BCUT2D eigenvalue weighted by Gasteiger charge is 2.46. The van der Waals surface area contributed by atoms with Gasteiger partial charge >= 0.3 is 6.09 Å². The van der Waals surface area contributed by atoms with Crippen molar-refractivity contribution in [2.75, 3.05) is 6.54 Å². The third-order valence-corrected chi connectivity index (χ3v) is 5.93. The second-order valence-corrected chi connectivity index (χ2v) is 8.90. The van der Waals surface area contributed by atoms with Gasteiger partial charge in [0, 0.05) is 6.54 Å². The molecule has 27 heavy (non-hydrogen) atoms. The van der Waals surface area contributed by atoms with Gasteiger partial charge in [0.05, 0.1) is 0 Å². The minimum atomic E-state index is -0.441. The summed E-state index contributed by atoms with van der Waals surface area (Å²) >= 11 is 0. The zero-order chi connectivity index (χ0) is 19.0. The van der Waals surface area contributed by atoms with E-state index in [9.17, 15) is 4.79 Å². The molecule has 0 unspecified atom stereocenters. The van der Waals surface area contributed by atoms with E-state index in [0.29, 0.717) is 18.4 Å². The summed E-state index contributed by atoms with van der Waals surface area (Å²) in [6.07, 6.45) is 3.24. The van der Waals surface area contributed by atoms with E-state index < -0.39 is 5.60 Å². The molecule has 3 nitrogen and oxygen atoms in total. The largest absolute Gasteiger partial charge is 0.444 e. The van der Waals surface area contributed by atoms with Gasteiger partial charge < -0.3 is 10.1 Å². The standard InChI is InChI=1S/C24H29NO2/c1-24(2,3)27-23(26)25-14-13-17-9-12-20-19-11-10-18(15-21(19)22(17)20)16-7-5-4-6-8-16/h4-8,10-11,15,17,20,22H,9,12-14H2,1-3H3,(H,25,26)/t17-,20+,22+/m1/s1. The number of carbonyl (C=O) groups excluding carboxylic acids is 1. The number of alkyl carbamates (subject to hydrolysis) is 1. The molecule has 0 radical (unpaired) electrons. The molecule has 2 aromatic carbocycles. The van der Waals surface area contributed by atoms with Gasteiger partial charge in [-0.05, 0) is 80.0 Å². The molecule has 0 aromatic heterocycles. The highest BCUT2D eigenvalue weighted by atomic mass is 16.6. The Labute approximate surface area is 162 Å². The summed E-state index contributed by atoms with van der Waals surface area (Å²) in [7, 11) is 0. The minimum Gasteiger partial charge on any atom is -0.444 e. The second-order valence-electron chi connectivity index (χ2n) is 8.90. The van der Waals surface area contributed by atoms with Crippen LogP contribution in [0.4, 0.5) is 4.79 Å². The first-order valence-electron chi connectivity index (χ1n) is 10.1. The van der Waals surface area contributed by atoms with Crippen LogP contribution in [-0.2, 0) is 4.74 Å². The fourth-order valence-corrected chi connectivity index (χ4v) is 4.81. The number of fused-ring (bicyclic) bond motifs is 4. The molecule has 1 N–H and O–H groups in total. The lowest BCUT2D eigenvalue weighted by molar-refractivity contribution is 0.0524. The molecule has 2 aromatic rings. The van der Waals surface area contributed by atoms with Crippen molar-refractivity contribution in [2.24, 2.45) is 5.92 Å². The van der Waals surface area contributed by atoms with E-state index >= 15 is 0 Å². The predicted molar refractivity (Wildman–Crippen MR) is 109 cm³/mol. The molecule has 2 aliphatic rings. The predicted octanol–water partition coefficient (Wildman–Crippen LogP) is 5.86. The summed E-state index contributed by atoms with van der Waals surface area (Å²) in [5.74, 6) is 2.03. The first-order chi connectivity index (χ1) is 12.9. The Hall–Kier alpha value is -2.29. The lowest BCUT2D eigenvalue weighted by Gasteiger charge is -2.38. The number of hydrogen-bond donors (Lipinski definition) is 1. The summed E-state index contributed by atoms with van der Waals surface area (Å²) in [6, 6.07) is 17.6. The average Bonchev–Trinajstić information content (AvgIpc) is 2.97. The number of hydrogen-bond acceptors (Lipinski definition) is 2. The first kappa shape index (κ1) is 18.1. The van der Waals surface area contributed by atoms with E-state index in [2.05, 4.69) is 53.8 Å². The molecule has 0 bridgehead atoms. The van der Waals surface area contributed by atoms with E-state index in [1.165, 1.54) is 29.5 Å². The van der Waals surface area contributed by atoms with Crippen LogP contribution in [0, 0.1) is 5.92 Å². The minimum absolute atomic E-state index is 0.308. The summed E-state index contributed by atoms with van der Waals surface area (Å²) in [6.45, 7) is 6.37. The SMILES string of the molecule is CC(C)(C)OC(=O)NCC[C@H]1CC[C@H]2c3ccc(-c4ccccc4)cc3[C@@H]12. The van der Waals surface area contributed by atoms with Crippen LogP contribution in [0.15, 0.2) is 48.5 Å². The zero-order valence-electron chi connectivity index (χ0n) is 16.5. The van der Waals surface area contributed by atoms with Crippen LogP contribution in [-0.4, -0.2) is 18.2 Å². The third-order valence-electron chi connectivity index (χ3n) is 5.93. The lowest BCUT2D eigenvalue weighted by atomic mass is 9.66. The van der Waals surface area contributed by atoms with Crippen molar-refractivity contribution in [3.05, 3.63) is 59.7 Å². The highest BCUT2D eigenvalue weighted by Crippen LogP contribution is 2.60. The molecule has 3 heteroatoms. The monoisotopic (exact) mass is 363 g/mol. The van der Waals surface area contributed by atoms with Crippen molar-refractivity contribution in [1.82, 2.24) is 5.32 Å². The summed E-state index contributed by atoms with van der Waals surface area (Å²) in [5.41, 5.74) is 5.22. The smallest absolute Gasteiger partial charge is 0.407 e. The van der Waals surface area contributed by atoms with Crippen molar-refractivity contribution < 1.29 is 9.53 Å². The molecule has 3 atom stereocenters. The second kappa shape index (κ2) is 7.03. The van der Waals surface area contributed by atoms with E-state index in [-0.39, 0.29) is 6.09 Å². The fourth-order valence-electron chi connectivity index (χ4n) is 4.81. The Balaban J connectivity index is 1.40. The maximum Gasteiger partial charge on any atom is 0.407 e. The number of benzene rings is 2. The number of ether oxygens (including phenoxy) is 1. The molecular weight excluding hydrogens is 334 g/mol. The molecule has 0 aliphatic heterocycles. The Bertz CT molecular complexity index is 822. The molecular formula is C24H29NO2. The molecule has 1 fully saturated rings. The van der Waals surface area contributed by atoms with Crippen LogP contribution in [0.1, 0.15) is 63.0 Å². The molecule has 2 aliphatic carbocycles. The van der Waals surface area contributed by atoms with Crippen molar-refractivity contribution in [3.63, 3.8) is 0 Å². The van der Waals surface area contributed by atoms with Crippen molar-refractivity contribution in [2.45, 2.75) is 57.5 Å². The van der Waals surface area contributed by atoms with Gasteiger partial charge in [-0.15, -0.1) is 0 Å². The molecule has 4 rings (SSSR count). The van der Waals surface area contributed by atoms with Crippen LogP contribution in [0.5, 0.6) is 0 Å². The maximum absolute atomic E-state index is 11.9. The van der Waals surface area contributed by atoms with Crippen LogP contribution < -0.4 is 5.32 Å². The van der Waals surface area contributed by atoms with Gasteiger partial charge in [-0.25, -0.2) is 4.79 Å². The number of rotatable bonds is 4. The highest BCUT2D eigenvalue weighted by molar-refractivity contribution is 5.68. The number of nitrogens with one attached hydrogen (secondary N) is 1. The first-order valence-corrected chi connectivity index (χ1v) is 10.1. The van der Waals surface area contributed by atoms with Crippen LogP contribution >= 0.6 is 0 Å². The Morgan fingerprint density at radius 1 is 1.04 bits per heavy atom. The Morgan fingerprint density at radius 2 is 1.81 bits per heavy atom. The van der Waals surface area contributed by atoms with Crippen molar-refractivity contribution in [3.8, 4) is 11.1 Å². The van der Waals surface area contributed by atoms with Crippen LogP contribution in [0.25, 0.3) is 11.1 Å². The summed E-state index contributed by atoms with van der Waals surface area (Å²) in [4.78, 5) is 11.9. The number of amides is 1. The normalized spacial score (nSPS) is 23.1. The summed E-state index contributed by atoms with van der Waals surface area (Å²) < 4.78 is 5.34. The fraction of sp³-hybridized carbons (Fsp3) is 0.458. The summed E-state index contributed by atoms with van der Waals surface area (Å²) in [5, 5.41) is 2.93. The number of carbonyl (C=O) groups is 1. The van der Waals surface area contributed by atoms with Gasteiger partial charge in [-0.3, -0.25) is 0 Å². The van der Waals surface area contributed by atoms with E-state index in [4.69, 9.17) is 4.74 Å². The van der Waals surface area contributed by atoms with Crippen LogP contribution in [0.3, 0.4) is 0 Å². The van der Waals surface area contributed by atoms with Crippen molar-refractivity contribution >= 4 is 6.09 Å². The molecule has 1 saturated carbocycles. The van der Waals surface area contributed by atoms with Gasteiger partial charge in [0.25, 0.3) is 0 Å². The van der Waals surface area contributed by atoms with Gasteiger partial charge in [-0.1, -0.05) is 48.5 Å². The van der Waals surface area contributed by atoms with Gasteiger partial charge in [-0.2, -0.15) is 0 Å². The molecule has 0 saturated heterocycles. The van der Waals surface area contributed by atoms with E-state index in [1.54, 1.807) is 5.56 Å². The van der Waals surface area contributed by atoms with Crippen LogP contribution in [0.2, 0.25) is 0 Å². The molecule has 0 spiro atoms. The van der Waals surface area contributed by atoms with Gasteiger partial charge in [0.1, 0.15) is 5.60 Å². The molecule has 0 heterocycles. The van der Waals surface area contributed by atoms with Gasteiger partial charge in [0.2, 0.25) is 0 Å². The van der Waals surface area contributed by atoms with E-state index in [0.717, 1.165) is 12.3 Å². The topological polar surface area (TPSA) is 38.3 Å². The van der Waals surface area contributed by atoms with Gasteiger partial charge in [0.15, 0.2) is 0 Å². The maximum atomic E-state index is 11.9. The quantitative estimate of drug-likeness (QED) is 0.739. The van der Waals surface area contributed by atoms with E-state index in [1.807, 2.05) is 20.8 Å². The molecule has 142 valence electrons. The zero-order valence-corrected chi connectivity index (χ0v) is 16.5. The average molecular weight is 364 g/mol. The third kappa shape index (κ3) is 3.73. The Kier molecular flexibility index (Phi) is 4.71. The Morgan fingerprint density at radius 3 is 2.56 bits per heavy atom. The van der Waals surface area contributed by atoms with Crippen molar-refractivity contribution in [1.29, 1.82) is 0 Å². The molecule has 1 amide bonds. The lowest BCUT2D eigenvalue weighted by Crippen LogP contribution is -2.34.